The molecule has 0 aliphatic carbocycles. The third kappa shape index (κ3) is 10.5. The number of hydrogen-bond donors (Lipinski definition) is 1. The Kier molecular flexibility index (Phi) is 7.30. The first-order chi connectivity index (χ1) is 7.20. The Hall–Kier alpha value is -0.0400. The van der Waals surface area contributed by atoms with Crippen LogP contribution in [0.25, 0.3) is 0 Å². The largest absolute Gasteiger partial charge is 0.314 e. The fourth-order valence-electron chi connectivity index (χ4n) is 2.05. The van der Waals surface area contributed by atoms with Crippen LogP contribution in [0.4, 0.5) is 0 Å². The van der Waals surface area contributed by atoms with Gasteiger partial charge in [0.1, 0.15) is 0 Å². The van der Waals surface area contributed by atoms with E-state index < -0.39 is 0 Å². The van der Waals surface area contributed by atoms with Crippen LogP contribution < -0.4 is 5.32 Å². The highest BCUT2D eigenvalue weighted by Crippen LogP contribution is 2.18. The molecular weight excluding hydrogens is 194 g/mol. The van der Waals surface area contributed by atoms with Crippen molar-refractivity contribution in [2.45, 2.75) is 73.8 Å². The zero-order chi connectivity index (χ0) is 12.8. The van der Waals surface area contributed by atoms with E-state index in [1.807, 2.05) is 0 Å². The lowest BCUT2D eigenvalue weighted by atomic mass is 9.91. The smallest absolute Gasteiger partial charge is 0.00719 e. The van der Waals surface area contributed by atoms with Crippen molar-refractivity contribution in [3.63, 3.8) is 0 Å². The maximum atomic E-state index is 3.74. The van der Waals surface area contributed by atoms with Crippen molar-refractivity contribution in [2.24, 2.45) is 17.3 Å². The van der Waals surface area contributed by atoms with Gasteiger partial charge in [-0.2, -0.15) is 0 Å². The van der Waals surface area contributed by atoms with E-state index in [0.29, 0.717) is 11.5 Å². The molecule has 0 aromatic rings. The fourth-order valence-corrected chi connectivity index (χ4v) is 2.05. The van der Waals surface area contributed by atoms with Gasteiger partial charge in [-0.15, -0.1) is 0 Å². The van der Waals surface area contributed by atoms with Crippen molar-refractivity contribution in [3.05, 3.63) is 0 Å². The summed E-state index contributed by atoms with van der Waals surface area (Å²) in [6.07, 6.45) is 3.88. The molecule has 0 spiro atoms. The van der Waals surface area contributed by atoms with Gasteiger partial charge in [0.05, 0.1) is 0 Å². The molecule has 98 valence electrons. The summed E-state index contributed by atoms with van der Waals surface area (Å²) in [6.45, 7) is 17.4. The third-order valence-corrected chi connectivity index (χ3v) is 2.82. The topological polar surface area (TPSA) is 12.0 Å². The minimum atomic E-state index is 0.452. The molecule has 0 amide bonds. The van der Waals surface area contributed by atoms with Crippen LogP contribution in [0.2, 0.25) is 0 Å². The highest BCUT2D eigenvalue weighted by atomic mass is 14.9. The highest BCUT2D eigenvalue weighted by Gasteiger charge is 2.14. The lowest BCUT2D eigenvalue weighted by Gasteiger charge is -2.25. The summed E-state index contributed by atoms with van der Waals surface area (Å²) in [4.78, 5) is 0. The molecule has 1 nitrogen and oxygen atoms in total. The van der Waals surface area contributed by atoms with Crippen LogP contribution >= 0.6 is 0 Å². The van der Waals surface area contributed by atoms with Crippen LogP contribution in [0.5, 0.6) is 0 Å². The van der Waals surface area contributed by atoms with E-state index in [2.05, 4.69) is 53.8 Å². The molecule has 0 heterocycles. The Balaban J connectivity index is 3.92. The van der Waals surface area contributed by atoms with E-state index in [1.54, 1.807) is 0 Å². The van der Waals surface area contributed by atoms with Crippen LogP contribution in [0.15, 0.2) is 0 Å². The molecule has 0 rings (SSSR count). The summed E-state index contributed by atoms with van der Waals surface area (Å²) in [5, 5.41) is 3.74. The Morgan fingerprint density at radius 3 is 1.62 bits per heavy atom. The predicted molar refractivity (Wildman–Crippen MR) is 74.8 cm³/mol. The molecule has 0 saturated carbocycles. The molecule has 0 fully saturated rings. The normalized spacial score (nSPS) is 13.1. The summed E-state index contributed by atoms with van der Waals surface area (Å²) in [5.41, 5.74) is 0.452. The second-order valence-electron chi connectivity index (χ2n) is 7.22. The predicted octanol–water partition coefficient (Wildman–Crippen LogP) is 4.47. The van der Waals surface area contributed by atoms with E-state index >= 15 is 0 Å². The Labute approximate surface area is 103 Å². The van der Waals surface area contributed by atoms with E-state index in [4.69, 9.17) is 0 Å². The van der Waals surface area contributed by atoms with Gasteiger partial charge in [0, 0.05) is 6.04 Å². The van der Waals surface area contributed by atoms with Gasteiger partial charge in [-0.3, -0.25) is 0 Å². The molecular formula is C15H33N. The molecule has 0 atom stereocenters. The van der Waals surface area contributed by atoms with Gasteiger partial charge >= 0.3 is 0 Å². The Morgan fingerprint density at radius 2 is 1.31 bits per heavy atom. The standard InChI is InChI=1S/C15H33N/c1-12(2)10-14(11-13(3)4)16-9-8-15(5,6)7/h12-14,16H,8-11H2,1-7H3. The number of rotatable bonds is 7. The second kappa shape index (κ2) is 7.32. The van der Waals surface area contributed by atoms with Crippen LogP contribution in [-0.4, -0.2) is 12.6 Å². The van der Waals surface area contributed by atoms with Crippen molar-refractivity contribution < 1.29 is 0 Å². The van der Waals surface area contributed by atoms with E-state index in [0.717, 1.165) is 18.4 Å². The molecule has 0 saturated heterocycles. The average Bonchev–Trinajstić information content (AvgIpc) is 1.98. The molecule has 1 N–H and O–H groups in total. The van der Waals surface area contributed by atoms with E-state index in [9.17, 15) is 0 Å². The van der Waals surface area contributed by atoms with Crippen LogP contribution in [0.1, 0.15) is 67.7 Å². The first kappa shape index (κ1) is 16.0. The van der Waals surface area contributed by atoms with Gasteiger partial charge in [-0.1, -0.05) is 48.5 Å². The molecule has 0 aliphatic heterocycles. The maximum absolute atomic E-state index is 3.74. The van der Waals surface area contributed by atoms with E-state index in [-0.39, 0.29) is 0 Å². The van der Waals surface area contributed by atoms with Gasteiger partial charge in [0.2, 0.25) is 0 Å². The lowest BCUT2D eigenvalue weighted by molar-refractivity contribution is 0.317. The zero-order valence-corrected chi connectivity index (χ0v) is 12.6. The number of hydrogen-bond acceptors (Lipinski definition) is 1. The van der Waals surface area contributed by atoms with Crippen LogP contribution in [0.3, 0.4) is 0 Å². The molecule has 0 bridgehead atoms. The first-order valence-corrected chi connectivity index (χ1v) is 6.94. The van der Waals surface area contributed by atoms with Crippen molar-refractivity contribution in [1.82, 2.24) is 5.32 Å². The fraction of sp³-hybridized carbons (Fsp3) is 1.00. The molecule has 0 aromatic heterocycles. The quantitative estimate of drug-likeness (QED) is 0.676. The first-order valence-electron chi connectivity index (χ1n) is 6.94. The monoisotopic (exact) mass is 227 g/mol. The molecule has 0 unspecified atom stereocenters. The minimum absolute atomic E-state index is 0.452. The third-order valence-electron chi connectivity index (χ3n) is 2.82. The van der Waals surface area contributed by atoms with E-state index in [1.165, 1.54) is 19.3 Å². The molecule has 0 radical (unpaired) electrons. The number of nitrogens with one attached hydrogen (secondary N) is 1. The van der Waals surface area contributed by atoms with Crippen molar-refractivity contribution in [3.8, 4) is 0 Å². The van der Waals surface area contributed by atoms with Crippen LogP contribution in [-0.2, 0) is 0 Å². The molecule has 0 aromatic carbocycles. The van der Waals surface area contributed by atoms with Gasteiger partial charge in [0.15, 0.2) is 0 Å². The average molecular weight is 227 g/mol. The summed E-state index contributed by atoms with van der Waals surface area (Å²) in [5.74, 6) is 1.59. The minimum Gasteiger partial charge on any atom is -0.314 e. The summed E-state index contributed by atoms with van der Waals surface area (Å²) >= 11 is 0. The Morgan fingerprint density at radius 1 is 0.875 bits per heavy atom. The van der Waals surface area contributed by atoms with Gasteiger partial charge in [-0.25, -0.2) is 0 Å². The van der Waals surface area contributed by atoms with Gasteiger partial charge in [-0.05, 0) is 43.1 Å². The lowest BCUT2D eigenvalue weighted by Crippen LogP contribution is -2.34. The van der Waals surface area contributed by atoms with Gasteiger partial charge < -0.3 is 5.32 Å². The van der Waals surface area contributed by atoms with Crippen molar-refractivity contribution >= 4 is 0 Å². The van der Waals surface area contributed by atoms with Crippen molar-refractivity contribution in [1.29, 1.82) is 0 Å². The molecule has 16 heavy (non-hydrogen) atoms. The second-order valence-corrected chi connectivity index (χ2v) is 7.22. The SMILES string of the molecule is CC(C)CC(CC(C)C)NCCC(C)(C)C. The summed E-state index contributed by atoms with van der Waals surface area (Å²) < 4.78 is 0. The van der Waals surface area contributed by atoms with Crippen LogP contribution in [0, 0.1) is 17.3 Å². The highest BCUT2D eigenvalue weighted by molar-refractivity contribution is 4.72. The molecule has 0 aliphatic rings. The zero-order valence-electron chi connectivity index (χ0n) is 12.6. The summed E-state index contributed by atoms with van der Waals surface area (Å²) in [6, 6.07) is 0.711. The molecule has 1 heteroatoms. The summed E-state index contributed by atoms with van der Waals surface area (Å²) in [7, 11) is 0. The van der Waals surface area contributed by atoms with Crippen molar-refractivity contribution in [2.75, 3.05) is 6.54 Å². The maximum Gasteiger partial charge on any atom is 0.00719 e. The Bertz CT molecular complexity index is 155. The van der Waals surface area contributed by atoms with Gasteiger partial charge in [0.25, 0.3) is 0 Å².